The van der Waals surface area contributed by atoms with Crippen LogP contribution >= 0.6 is 0 Å². The molecule has 1 fully saturated rings. The van der Waals surface area contributed by atoms with Crippen LogP contribution in [0.15, 0.2) is 36.4 Å². The molecule has 1 amide bonds. The average Bonchev–Trinajstić information content (AvgIpc) is 3.10. The summed E-state index contributed by atoms with van der Waals surface area (Å²) < 4.78 is 22.4. The van der Waals surface area contributed by atoms with Gasteiger partial charge in [-0.3, -0.25) is 4.79 Å². The number of rotatable bonds is 4. The van der Waals surface area contributed by atoms with E-state index in [4.69, 9.17) is 29.7 Å². The minimum atomic E-state index is -0.353. The lowest BCUT2D eigenvalue weighted by Crippen LogP contribution is -2.52. The Morgan fingerprint density at radius 1 is 0.971 bits per heavy atom. The summed E-state index contributed by atoms with van der Waals surface area (Å²) in [4.78, 5) is 26.2. The Bertz CT molecular complexity index is 1180. The second kappa shape index (κ2) is 9.12. The number of ether oxygens (including phenoxy) is 4. The highest BCUT2D eigenvalue weighted by Gasteiger charge is 2.31. The molecule has 1 aromatic heterocycles. The van der Waals surface area contributed by atoms with Gasteiger partial charge in [-0.1, -0.05) is 12.1 Å². The Hall–Kier alpha value is -3.95. The van der Waals surface area contributed by atoms with Gasteiger partial charge in [0.1, 0.15) is 24.9 Å². The fraction of sp³-hybridized carbons (Fsp3) is 0.375. The third-order valence-electron chi connectivity index (χ3n) is 6.17. The number of para-hydroxylation sites is 2. The lowest BCUT2D eigenvalue weighted by atomic mass is 10.1. The van der Waals surface area contributed by atoms with Gasteiger partial charge in [-0.25, -0.2) is 4.98 Å². The second-order valence-corrected chi connectivity index (χ2v) is 8.21. The van der Waals surface area contributed by atoms with E-state index in [2.05, 4.69) is 4.98 Å². The number of carbonyl (C=O) groups is 1. The predicted molar refractivity (Wildman–Crippen MR) is 127 cm³/mol. The molecule has 10 nitrogen and oxygen atoms in total. The molecule has 1 saturated heterocycles. The van der Waals surface area contributed by atoms with Crippen LogP contribution in [0.1, 0.15) is 0 Å². The summed E-state index contributed by atoms with van der Waals surface area (Å²) in [5.41, 5.74) is 6.91. The minimum Gasteiger partial charge on any atom is -0.493 e. The molecule has 0 aliphatic carbocycles. The lowest BCUT2D eigenvalue weighted by Gasteiger charge is -2.36. The van der Waals surface area contributed by atoms with E-state index in [0.717, 1.165) is 0 Å². The molecule has 2 N–H and O–H groups in total. The maximum absolute atomic E-state index is 13.1. The molecule has 0 atom stereocenters. The fourth-order valence-corrected chi connectivity index (χ4v) is 4.25. The van der Waals surface area contributed by atoms with Crippen molar-refractivity contribution in [2.24, 2.45) is 5.92 Å². The monoisotopic (exact) mass is 465 g/mol. The first kappa shape index (κ1) is 21.9. The molecule has 3 heterocycles. The van der Waals surface area contributed by atoms with E-state index < -0.39 is 0 Å². The first-order valence-corrected chi connectivity index (χ1v) is 11.1. The number of hydrogen-bond acceptors (Lipinski definition) is 9. The molecule has 2 aromatic carbocycles. The molecule has 0 saturated carbocycles. The number of nitrogen functional groups attached to an aromatic ring is 1. The van der Waals surface area contributed by atoms with Gasteiger partial charge >= 0.3 is 0 Å². The summed E-state index contributed by atoms with van der Waals surface area (Å²) in [5.74, 6) is 3.06. The number of amides is 1. The van der Waals surface area contributed by atoms with Crippen molar-refractivity contribution in [1.29, 1.82) is 0 Å². The number of nitrogens with zero attached hydrogens (tertiary/aromatic N) is 4. The highest BCUT2D eigenvalue weighted by molar-refractivity contribution is 5.91. The number of aromatic nitrogens is 2. The summed E-state index contributed by atoms with van der Waals surface area (Å²) >= 11 is 0. The number of anilines is 2. The van der Waals surface area contributed by atoms with Crippen LogP contribution in [0.5, 0.6) is 23.0 Å². The highest BCUT2D eigenvalue weighted by atomic mass is 16.5. The van der Waals surface area contributed by atoms with E-state index >= 15 is 0 Å². The molecule has 178 valence electrons. The van der Waals surface area contributed by atoms with Crippen LogP contribution in [0.25, 0.3) is 10.9 Å². The topological polar surface area (TPSA) is 112 Å². The van der Waals surface area contributed by atoms with Gasteiger partial charge in [-0.15, -0.1) is 0 Å². The van der Waals surface area contributed by atoms with Crippen LogP contribution in [-0.2, 0) is 4.79 Å². The van der Waals surface area contributed by atoms with Crippen LogP contribution in [0, 0.1) is 5.92 Å². The fourth-order valence-electron chi connectivity index (χ4n) is 4.25. The highest BCUT2D eigenvalue weighted by Crippen LogP contribution is 2.34. The molecule has 0 spiro atoms. The molecule has 3 aromatic rings. The van der Waals surface area contributed by atoms with E-state index in [0.29, 0.717) is 85.1 Å². The number of hydrogen-bond donors (Lipinski definition) is 1. The van der Waals surface area contributed by atoms with Crippen molar-refractivity contribution in [2.45, 2.75) is 0 Å². The molecular weight excluding hydrogens is 438 g/mol. The molecule has 2 aliphatic heterocycles. The predicted octanol–water partition coefficient (Wildman–Crippen LogP) is 1.97. The van der Waals surface area contributed by atoms with Crippen molar-refractivity contribution in [3.05, 3.63) is 36.4 Å². The van der Waals surface area contributed by atoms with Gasteiger partial charge in [0.05, 0.1) is 19.7 Å². The van der Waals surface area contributed by atoms with Crippen molar-refractivity contribution in [1.82, 2.24) is 14.9 Å². The van der Waals surface area contributed by atoms with E-state index in [9.17, 15) is 4.79 Å². The number of carbonyl (C=O) groups excluding carboxylic acids is 1. The van der Waals surface area contributed by atoms with Crippen LogP contribution < -0.4 is 29.6 Å². The first-order chi connectivity index (χ1) is 16.6. The second-order valence-electron chi connectivity index (χ2n) is 8.21. The van der Waals surface area contributed by atoms with Gasteiger partial charge in [0.25, 0.3) is 0 Å². The molecule has 0 unspecified atom stereocenters. The quantitative estimate of drug-likeness (QED) is 0.618. The van der Waals surface area contributed by atoms with Gasteiger partial charge in [-0.05, 0) is 18.2 Å². The Balaban J connectivity index is 1.26. The summed E-state index contributed by atoms with van der Waals surface area (Å²) in [5, 5.41) is 0.699. The van der Waals surface area contributed by atoms with Gasteiger partial charge in [-0.2, -0.15) is 4.98 Å². The van der Waals surface area contributed by atoms with Crippen molar-refractivity contribution in [3.8, 4) is 23.0 Å². The number of benzene rings is 2. The van der Waals surface area contributed by atoms with Crippen LogP contribution in [0.3, 0.4) is 0 Å². The van der Waals surface area contributed by atoms with E-state index in [-0.39, 0.29) is 11.8 Å². The Morgan fingerprint density at radius 2 is 1.59 bits per heavy atom. The first-order valence-electron chi connectivity index (χ1n) is 11.1. The maximum Gasteiger partial charge on any atom is 0.232 e. The third-order valence-corrected chi connectivity index (χ3v) is 6.17. The van der Waals surface area contributed by atoms with Crippen LogP contribution in [-0.4, -0.2) is 74.4 Å². The number of methoxy groups -OCH3 is 2. The van der Waals surface area contributed by atoms with Crippen LogP contribution in [0.4, 0.5) is 11.8 Å². The van der Waals surface area contributed by atoms with Crippen LogP contribution in [0.2, 0.25) is 0 Å². The van der Waals surface area contributed by atoms with Gasteiger partial charge < -0.3 is 34.5 Å². The number of nitrogens with two attached hydrogens (primary N) is 1. The third kappa shape index (κ3) is 4.07. The van der Waals surface area contributed by atoms with Gasteiger partial charge in [0, 0.05) is 37.6 Å². The zero-order chi connectivity index (χ0) is 23.7. The smallest absolute Gasteiger partial charge is 0.232 e. The van der Waals surface area contributed by atoms with Crippen molar-refractivity contribution < 1.29 is 23.7 Å². The normalized spacial score (nSPS) is 16.3. The summed E-state index contributed by atoms with van der Waals surface area (Å²) in [7, 11) is 3.15. The average molecular weight is 466 g/mol. The van der Waals surface area contributed by atoms with Crippen molar-refractivity contribution in [3.63, 3.8) is 0 Å². The minimum absolute atomic E-state index is 0.0308. The van der Waals surface area contributed by atoms with Crippen molar-refractivity contribution >= 4 is 28.6 Å². The standard InChI is InChI=1S/C24H27N5O5/c1-31-20-11-16-17(12-21(20)32-2)26-24(27-22(16)25)29-9-7-28(8-10-29)23(30)15-13-33-18-5-3-4-6-19(18)34-14-15/h3-6,11-12,15H,7-10,13-14H2,1-2H3,(H2,25,26,27). The molecule has 2 aliphatic rings. The van der Waals surface area contributed by atoms with Gasteiger partial charge in [0.2, 0.25) is 11.9 Å². The Kier molecular flexibility index (Phi) is 5.87. The van der Waals surface area contributed by atoms with E-state index in [1.165, 1.54) is 0 Å². The number of fused-ring (bicyclic) bond motifs is 2. The zero-order valence-electron chi connectivity index (χ0n) is 19.2. The lowest BCUT2D eigenvalue weighted by molar-refractivity contribution is -0.137. The van der Waals surface area contributed by atoms with E-state index in [1.54, 1.807) is 26.4 Å². The maximum atomic E-state index is 13.1. The number of piperazine rings is 1. The summed E-state index contributed by atoms with van der Waals surface area (Å²) in [6.07, 6.45) is 0. The zero-order valence-corrected chi connectivity index (χ0v) is 19.2. The van der Waals surface area contributed by atoms with Crippen molar-refractivity contribution in [2.75, 3.05) is 64.2 Å². The van der Waals surface area contributed by atoms with E-state index in [1.807, 2.05) is 34.1 Å². The largest absolute Gasteiger partial charge is 0.493 e. The summed E-state index contributed by atoms with van der Waals surface area (Å²) in [6, 6.07) is 11.0. The summed E-state index contributed by atoms with van der Waals surface area (Å²) in [6.45, 7) is 2.89. The molecule has 0 bridgehead atoms. The molecule has 10 heteroatoms. The SMILES string of the molecule is COc1cc2nc(N3CCN(C(=O)C4COc5ccccc5OC4)CC3)nc(N)c2cc1OC. The molecule has 0 radical (unpaired) electrons. The molecular formula is C24H27N5O5. The Morgan fingerprint density at radius 3 is 2.21 bits per heavy atom. The molecule has 5 rings (SSSR count). The van der Waals surface area contributed by atoms with Gasteiger partial charge in [0.15, 0.2) is 23.0 Å². The molecule has 34 heavy (non-hydrogen) atoms. The Labute approximate surface area is 197 Å².